The van der Waals surface area contributed by atoms with Crippen LogP contribution in [0.2, 0.25) is 5.02 Å². The van der Waals surface area contributed by atoms with Gasteiger partial charge in [-0.2, -0.15) is 0 Å². The first-order chi connectivity index (χ1) is 11.6. The normalized spacial score (nSPS) is 16.1. The molecule has 0 bridgehead atoms. The van der Waals surface area contributed by atoms with Crippen LogP contribution in [0.15, 0.2) is 54.6 Å². The first kappa shape index (κ1) is 16.8. The number of amides is 1. The molecule has 1 aliphatic rings. The molecule has 0 aliphatic carbocycles. The molecule has 0 spiro atoms. The van der Waals surface area contributed by atoms with Crippen molar-refractivity contribution in [2.75, 3.05) is 31.1 Å². The fourth-order valence-corrected chi connectivity index (χ4v) is 3.32. The molecule has 2 N–H and O–H groups in total. The fraction of sp³-hybridized carbons (Fsp3) is 0.316. The number of carbonyl (C=O) groups excluding carboxylic acids is 1. The summed E-state index contributed by atoms with van der Waals surface area (Å²) in [7, 11) is 0. The number of hydrogen-bond acceptors (Lipinski definition) is 3. The summed E-state index contributed by atoms with van der Waals surface area (Å²) in [6.45, 7) is 2.89. The van der Waals surface area contributed by atoms with Crippen LogP contribution in [0, 0.1) is 0 Å². The third-order valence-corrected chi connectivity index (χ3v) is 4.72. The third kappa shape index (κ3) is 3.89. The fourth-order valence-electron chi connectivity index (χ4n) is 3.07. The summed E-state index contributed by atoms with van der Waals surface area (Å²) in [4.78, 5) is 16.6. The lowest BCUT2D eigenvalue weighted by molar-refractivity contribution is -0.132. The molecule has 1 atom stereocenters. The SMILES string of the molecule is N[C@@H](Cc1ccccc1)C(=O)N1CCN(c2ccccc2Cl)CC1. The molecular formula is C19H22ClN3O. The topological polar surface area (TPSA) is 49.6 Å². The second kappa shape index (κ2) is 7.69. The lowest BCUT2D eigenvalue weighted by atomic mass is 10.1. The maximum atomic E-state index is 12.6. The van der Waals surface area contributed by atoms with Gasteiger partial charge in [0.05, 0.1) is 16.8 Å². The molecule has 0 saturated carbocycles. The lowest BCUT2D eigenvalue weighted by Crippen LogP contribution is -2.53. The third-order valence-electron chi connectivity index (χ3n) is 4.40. The van der Waals surface area contributed by atoms with Gasteiger partial charge in [0.2, 0.25) is 5.91 Å². The van der Waals surface area contributed by atoms with E-state index in [-0.39, 0.29) is 5.91 Å². The van der Waals surface area contributed by atoms with Crippen molar-refractivity contribution in [1.29, 1.82) is 0 Å². The van der Waals surface area contributed by atoms with Crippen LogP contribution in [0.4, 0.5) is 5.69 Å². The Labute approximate surface area is 147 Å². The molecule has 4 nitrogen and oxygen atoms in total. The van der Waals surface area contributed by atoms with Crippen molar-refractivity contribution >= 4 is 23.2 Å². The molecule has 0 unspecified atom stereocenters. The minimum atomic E-state index is -0.487. The van der Waals surface area contributed by atoms with E-state index < -0.39 is 6.04 Å². The average Bonchev–Trinajstić information content (AvgIpc) is 2.62. The molecule has 1 saturated heterocycles. The van der Waals surface area contributed by atoms with Crippen molar-refractivity contribution in [2.24, 2.45) is 5.73 Å². The van der Waals surface area contributed by atoms with Crippen LogP contribution >= 0.6 is 11.6 Å². The molecule has 24 heavy (non-hydrogen) atoms. The van der Waals surface area contributed by atoms with E-state index in [9.17, 15) is 4.79 Å². The average molecular weight is 344 g/mol. The van der Waals surface area contributed by atoms with Gasteiger partial charge in [-0.05, 0) is 24.1 Å². The Morgan fingerprint density at radius 3 is 2.29 bits per heavy atom. The molecule has 1 amide bonds. The molecule has 126 valence electrons. The van der Waals surface area contributed by atoms with Gasteiger partial charge in [-0.25, -0.2) is 0 Å². The second-order valence-electron chi connectivity index (χ2n) is 6.06. The summed E-state index contributed by atoms with van der Waals surface area (Å²) >= 11 is 6.26. The van der Waals surface area contributed by atoms with Gasteiger partial charge in [0.15, 0.2) is 0 Å². The summed E-state index contributed by atoms with van der Waals surface area (Å²) in [5, 5.41) is 0.748. The molecule has 2 aromatic rings. The number of hydrogen-bond donors (Lipinski definition) is 1. The van der Waals surface area contributed by atoms with Gasteiger partial charge < -0.3 is 15.5 Å². The van der Waals surface area contributed by atoms with Crippen molar-refractivity contribution < 1.29 is 4.79 Å². The van der Waals surface area contributed by atoms with Gasteiger partial charge >= 0.3 is 0 Å². The number of anilines is 1. The smallest absolute Gasteiger partial charge is 0.239 e. The number of rotatable bonds is 4. The quantitative estimate of drug-likeness (QED) is 0.928. The number of carbonyl (C=O) groups is 1. The number of halogens is 1. The minimum Gasteiger partial charge on any atom is -0.367 e. The molecule has 5 heteroatoms. The summed E-state index contributed by atoms with van der Waals surface area (Å²) in [5.41, 5.74) is 8.24. The highest BCUT2D eigenvalue weighted by molar-refractivity contribution is 6.33. The molecule has 1 heterocycles. The van der Waals surface area contributed by atoms with Crippen molar-refractivity contribution in [1.82, 2.24) is 4.90 Å². The minimum absolute atomic E-state index is 0.0256. The standard InChI is InChI=1S/C19H22ClN3O/c20-16-8-4-5-9-18(16)22-10-12-23(13-11-22)19(24)17(21)14-15-6-2-1-3-7-15/h1-9,17H,10-14,21H2/t17-/m0/s1. The van der Waals surface area contributed by atoms with Crippen LogP contribution in [0.25, 0.3) is 0 Å². The Morgan fingerprint density at radius 1 is 1.00 bits per heavy atom. The summed E-state index contributed by atoms with van der Waals surface area (Å²) < 4.78 is 0. The summed E-state index contributed by atoms with van der Waals surface area (Å²) in [5.74, 6) is 0.0256. The first-order valence-electron chi connectivity index (χ1n) is 8.23. The number of para-hydroxylation sites is 1. The number of piperazine rings is 1. The monoisotopic (exact) mass is 343 g/mol. The largest absolute Gasteiger partial charge is 0.367 e. The highest BCUT2D eigenvalue weighted by atomic mass is 35.5. The van der Waals surface area contributed by atoms with Crippen molar-refractivity contribution in [2.45, 2.75) is 12.5 Å². The van der Waals surface area contributed by atoms with Gasteiger partial charge in [-0.3, -0.25) is 4.79 Å². The van der Waals surface area contributed by atoms with Crippen molar-refractivity contribution in [3.63, 3.8) is 0 Å². The zero-order valence-corrected chi connectivity index (χ0v) is 14.3. The van der Waals surface area contributed by atoms with Crippen LogP contribution in [0.5, 0.6) is 0 Å². The molecule has 0 radical (unpaired) electrons. The molecule has 0 aromatic heterocycles. The van der Waals surface area contributed by atoms with Gasteiger partial charge in [0, 0.05) is 26.2 Å². The van der Waals surface area contributed by atoms with E-state index in [4.69, 9.17) is 17.3 Å². The zero-order valence-electron chi connectivity index (χ0n) is 13.6. The zero-order chi connectivity index (χ0) is 16.9. The van der Waals surface area contributed by atoms with Crippen molar-refractivity contribution in [3.8, 4) is 0 Å². The van der Waals surface area contributed by atoms with Crippen LogP contribution in [-0.4, -0.2) is 43.0 Å². The number of nitrogens with zero attached hydrogens (tertiary/aromatic N) is 2. The molecule has 2 aromatic carbocycles. The maximum absolute atomic E-state index is 12.6. The van der Waals surface area contributed by atoms with E-state index >= 15 is 0 Å². The Morgan fingerprint density at radius 2 is 1.62 bits per heavy atom. The number of benzene rings is 2. The summed E-state index contributed by atoms with van der Waals surface area (Å²) in [6, 6.07) is 17.2. The van der Waals surface area contributed by atoms with E-state index in [0.29, 0.717) is 19.5 Å². The van der Waals surface area contributed by atoms with Crippen LogP contribution in [0.3, 0.4) is 0 Å². The van der Waals surface area contributed by atoms with Crippen LogP contribution in [0.1, 0.15) is 5.56 Å². The predicted octanol–water partition coefficient (Wildman–Crippen LogP) is 2.56. The van der Waals surface area contributed by atoms with E-state index in [2.05, 4.69) is 4.90 Å². The van der Waals surface area contributed by atoms with Gasteiger partial charge in [0.25, 0.3) is 0 Å². The predicted molar refractivity (Wildman–Crippen MR) is 98.4 cm³/mol. The Kier molecular flexibility index (Phi) is 5.38. The molecule has 3 rings (SSSR count). The molecule has 1 aliphatic heterocycles. The van der Waals surface area contributed by atoms with E-state index in [1.807, 2.05) is 59.5 Å². The Bertz CT molecular complexity index is 684. The van der Waals surface area contributed by atoms with Gasteiger partial charge in [-0.15, -0.1) is 0 Å². The van der Waals surface area contributed by atoms with Gasteiger partial charge in [0.1, 0.15) is 0 Å². The molecule has 1 fully saturated rings. The van der Waals surface area contributed by atoms with Gasteiger partial charge in [-0.1, -0.05) is 54.1 Å². The van der Waals surface area contributed by atoms with E-state index in [1.165, 1.54) is 0 Å². The maximum Gasteiger partial charge on any atom is 0.239 e. The second-order valence-corrected chi connectivity index (χ2v) is 6.47. The van der Waals surface area contributed by atoms with E-state index in [0.717, 1.165) is 29.4 Å². The highest BCUT2D eigenvalue weighted by Crippen LogP contribution is 2.26. The molecular weight excluding hydrogens is 322 g/mol. The highest BCUT2D eigenvalue weighted by Gasteiger charge is 2.26. The Balaban J connectivity index is 1.56. The van der Waals surface area contributed by atoms with Crippen LogP contribution in [-0.2, 0) is 11.2 Å². The first-order valence-corrected chi connectivity index (χ1v) is 8.61. The van der Waals surface area contributed by atoms with Crippen molar-refractivity contribution in [3.05, 3.63) is 65.2 Å². The van der Waals surface area contributed by atoms with Crippen LogP contribution < -0.4 is 10.6 Å². The lowest BCUT2D eigenvalue weighted by Gasteiger charge is -2.37. The Hall–Kier alpha value is -2.04. The summed E-state index contributed by atoms with van der Waals surface area (Å²) in [6.07, 6.45) is 0.574. The number of nitrogens with two attached hydrogens (primary N) is 1. The van der Waals surface area contributed by atoms with E-state index in [1.54, 1.807) is 0 Å².